The number of fused-ring (bicyclic) bond motifs is 5. The number of sulfonamides is 1. The van der Waals surface area contributed by atoms with Gasteiger partial charge < -0.3 is 4.90 Å². The number of amides is 1. The Morgan fingerprint density at radius 2 is 1.90 bits per heavy atom. The maximum atomic E-state index is 15.1. The summed E-state index contributed by atoms with van der Waals surface area (Å²) in [5.74, 6) is -3.26. The van der Waals surface area contributed by atoms with Crippen LogP contribution in [0.25, 0.3) is 11.1 Å². The molecule has 0 saturated carbocycles. The van der Waals surface area contributed by atoms with Crippen LogP contribution in [0.5, 0.6) is 0 Å². The minimum absolute atomic E-state index is 0.0113. The van der Waals surface area contributed by atoms with Gasteiger partial charge in [-0.25, -0.2) is 21.9 Å². The smallest absolute Gasteiger partial charge is 0.273 e. The van der Waals surface area contributed by atoms with E-state index in [1.807, 2.05) is 24.3 Å². The summed E-state index contributed by atoms with van der Waals surface area (Å²) in [5.41, 5.74) is 2.01. The number of carbonyl (C=O) groups excluding carboxylic acids is 1. The van der Waals surface area contributed by atoms with Crippen molar-refractivity contribution in [3.05, 3.63) is 59.7 Å². The van der Waals surface area contributed by atoms with Crippen molar-refractivity contribution in [1.29, 1.82) is 0 Å². The van der Waals surface area contributed by atoms with Crippen LogP contribution in [0.15, 0.2) is 48.5 Å². The topological polar surface area (TPSA) is 66.5 Å². The van der Waals surface area contributed by atoms with Crippen LogP contribution in [-0.4, -0.2) is 44.1 Å². The Kier molecular flexibility index (Phi) is 5.87. The maximum Gasteiger partial charge on any atom is 0.273 e. The van der Waals surface area contributed by atoms with E-state index in [1.165, 1.54) is 6.07 Å². The molecule has 1 N–H and O–H groups in total. The van der Waals surface area contributed by atoms with Crippen molar-refractivity contribution in [2.45, 2.75) is 50.1 Å². The average molecular weight is 449 g/mol. The molecule has 1 saturated heterocycles. The van der Waals surface area contributed by atoms with E-state index in [2.05, 4.69) is 4.72 Å². The minimum Gasteiger partial charge on any atom is -0.338 e. The van der Waals surface area contributed by atoms with Crippen LogP contribution in [0.4, 0.5) is 8.78 Å². The monoisotopic (exact) mass is 448 g/mol. The average Bonchev–Trinajstić information content (AvgIpc) is 3.08. The molecule has 0 radical (unpaired) electrons. The largest absolute Gasteiger partial charge is 0.338 e. The van der Waals surface area contributed by atoms with E-state index in [1.54, 1.807) is 23.1 Å². The summed E-state index contributed by atoms with van der Waals surface area (Å²) < 4.78 is 56.5. The van der Waals surface area contributed by atoms with Crippen molar-refractivity contribution >= 4 is 15.9 Å². The van der Waals surface area contributed by atoms with E-state index in [-0.39, 0.29) is 30.4 Å². The lowest BCUT2D eigenvalue weighted by Gasteiger charge is -2.29. The van der Waals surface area contributed by atoms with Crippen LogP contribution in [0.1, 0.15) is 36.8 Å². The molecule has 2 aliphatic heterocycles. The predicted molar refractivity (Wildman–Crippen MR) is 115 cm³/mol. The Labute approximate surface area is 181 Å². The van der Waals surface area contributed by atoms with Crippen molar-refractivity contribution in [2.75, 3.05) is 12.8 Å². The molecule has 2 aromatic rings. The zero-order valence-electron chi connectivity index (χ0n) is 17.4. The second-order valence-electron chi connectivity index (χ2n) is 8.45. The third kappa shape index (κ3) is 4.80. The SMILES string of the molecule is CS(=O)(=O)NC1CCN2C(=O)CCCC(F)(F)c3ccccc3-c3cccc(c3)CC12. The van der Waals surface area contributed by atoms with Crippen LogP contribution in [0.3, 0.4) is 0 Å². The van der Waals surface area contributed by atoms with Gasteiger partial charge in [0.1, 0.15) is 0 Å². The number of rotatable bonds is 2. The fourth-order valence-corrected chi connectivity index (χ4v) is 5.55. The molecule has 0 aromatic heterocycles. The fourth-order valence-electron chi connectivity index (χ4n) is 4.73. The highest BCUT2D eigenvalue weighted by molar-refractivity contribution is 7.88. The van der Waals surface area contributed by atoms with Gasteiger partial charge in [0.05, 0.1) is 12.3 Å². The van der Waals surface area contributed by atoms with Crippen molar-refractivity contribution in [3.63, 3.8) is 0 Å². The zero-order valence-corrected chi connectivity index (χ0v) is 18.2. The predicted octanol–water partition coefficient (Wildman–Crippen LogP) is 3.69. The highest BCUT2D eigenvalue weighted by Gasteiger charge is 2.39. The van der Waals surface area contributed by atoms with Gasteiger partial charge in [0.25, 0.3) is 5.92 Å². The first-order chi connectivity index (χ1) is 14.6. The summed E-state index contributed by atoms with van der Waals surface area (Å²) in [6.07, 6.45) is 1.71. The van der Waals surface area contributed by atoms with Gasteiger partial charge in [-0.1, -0.05) is 48.5 Å². The molecule has 4 rings (SSSR count). The molecule has 2 heterocycles. The highest BCUT2D eigenvalue weighted by Crippen LogP contribution is 2.40. The van der Waals surface area contributed by atoms with Gasteiger partial charge >= 0.3 is 0 Å². The summed E-state index contributed by atoms with van der Waals surface area (Å²) in [7, 11) is -3.44. The summed E-state index contributed by atoms with van der Waals surface area (Å²) in [6.45, 7) is 0.410. The molecular formula is C23H26F2N2O3S. The molecule has 2 aliphatic rings. The van der Waals surface area contributed by atoms with Crippen molar-refractivity contribution in [1.82, 2.24) is 9.62 Å². The van der Waals surface area contributed by atoms with Gasteiger partial charge in [-0.05, 0) is 36.0 Å². The van der Waals surface area contributed by atoms with Crippen LogP contribution in [-0.2, 0) is 27.2 Å². The second kappa shape index (κ2) is 8.31. The number of hydrogen-bond acceptors (Lipinski definition) is 3. The van der Waals surface area contributed by atoms with Gasteiger partial charge in [-0.3, -0.25) is 4.79 Å². The third-order valence-electron chi connectivity index (χ3n) is 6.12. The van der Waals surface area contributed by atoms with Crippen molar-refractivity contribution in [3.8, 4) is 11.1 Å². The Morgan fingerprint density at radius 1 is 1.13 bits per heavy atom. The molecule has 2 bridgehead atoms. The second-order valence-corrected chi connectivity index (χ2v) is 10.2. The first kappa shape index (κ1) is 21.9. The Hall–Kier alpha value is -2.32. The van der Waals surface area contributed by atoms with Gasteiger partial charge in [-0.2, -0.15) is 0 Å². The normalized spacial score (nSPS) is 23.8. The van der Waals surface area contributed by atoms with Crippen LogP contribution in [0, 0.1) is 0 Å². The quantitative estimate of drug-likeness (QED) is 0.762. The van der Waals surface area contributed by atoms with E-state index in [0.29, 0.717) is 30.5 Å². The van der Waals surface area contributed by atoms with Crippen molar-refractivity contribution < 1.29 is 22.0 Å². The fraction of sp³-hybridized carbons (Fsp3) is 0.435. The molecule has 0 aliphatic carbocycles. The van der Waals surface area contributed by atoms with E-state index in [4.69, 9.17) is 0 Å². The molecule has 31 heavy (non-hydrogen) atoms. The van der Waals surface area contributed by atoms with E-state index < -0.39 is 28.4 Å². The van der Waals surface area contributed by atoms with Crippen LogP contribution < -0.4 is 4.72 Å². The van der Waals surface area contributed by atoms with E-state index in [9.17, 15) is 13.2 Å². The summed E-state index contributed by atoms with van der Waals surface area (Å²) >= 11 is 0. The first-order valence-electron chi connectivity index (χ1n) is 10.5. The molecule has 166 valence electrons. The number of benzene rings is 2. The minimum atomic E-state index is -3.44. The van der Waals surface area contributed by atoms with Gasteiger partial charge in [0.2, 0.25) is 15.9 Å². The molecule has 1 amide bonds. The maximum absolute atomic E-state index is 15.1. The standard InChI is InChI=1S/C23H26F2N2O3S/c1-31(29,30)26-20-11-13-27-21(20)15-16-6-4-7-17(14-16)18-8-2-3-9-19(18)23(24,25)12-5-10-22(27)28/h2-4,6-9,14,20-21,26H,5,10-13,15H2,1H3. The number of carbonyl (C=O) groups is 1. The number of hydrogen-bond donors (Lipinski definition) is 1. The number of alkyl halides is 2. The molecule has 0 spiro atoms. The summed E-state index contributed by atoms with van der Waals surface area (Å²) in [5, 5.41) is 0. The molecular weight excluding hydrogens is 422 g/mol. The molecule has 2 atom stereocenters. The summed E-state index contributed by atoms with van der Waals surface area (Å²) in [6, 6.07) is 13.1. The van der Waals surface area contributed by atoms with Crippen LogP contribution >= 0.6 is 0 Å². The number of halogens is 2. The molecule has 1 fully saturated rings. The third-order valence-corrected chi connectivity index (χ3v) is 6.85. The van der Waals surface area contributed by atoms with E-state index >= 15 is 8.78 Å². The molecule has 8 heteroatoms. The Bertz CT molecular complexity index is 1090. The summed E-state index contributed by atoms with van der Waals surface area (Å²) in [4.78, 5) is 14.6. The Balaban J connectivity index is 1.77. The molecule has 2 unspecified atom stereocenters. The lowest BCUT2D eigenvalue weighted by molar-refractivity contribution is -0.132. The van der Waals surface area contributed by atoms with E-state index in [0.717, 1.165) is 11.8 Å². The Morgan fingerprint density at radius 3 is 2.68 bits per heavy atom. The number of nitrogens with zero attached hydrogens (tertiary/aromatic N) is 1. The van der Waals surface area contributed by atoms with Gasteiger partial charge in [0, 0.05) is 31.0 Å². The lowest BCUT2D eigenvalue weighted by Crippen LogP contribution is -2.47. The number of nitrogens with one attached hydrogen (secondary N) is 1. The van der Waals surface area contributed by atoms with Gasteiger partial charge in [0.15, 0.2) is 0 Å². The first-order valence-corrected chi connectivity index (χ1v) is 12.4. The zero-order chi connectivity index (χ0) is 22.2. The van der Waals surface area contributed by atoms with Gasteiger partial charge in [-0.15, -0.1) is 0 Å². The highest BCUT2D eigenvalue weighted by atomic mass is 32.2. The van der Waals surface area contributed by atoms with Crippen LogP contribution in [0.2, 0.25) is 0 Å². The van der Waals surface area contributed by atoms with Crippen molar-refractivity contribution in [2.24, 2.45) is 0 Å². The lowest BCUT2D eigenvalue weighted by atomic mass is 9.91. The molecule has 5 nitrogen and oxygen atoms in total. The molecule has 2 aromatic carbocycles.